The molecule has 1 atom stereocenters. The normalized spacial score (nSPS) is 22.3. The molecule has 1 aromatic rings. The fourth-order valence-electron chi connectivity index (χ4n) is 3.30. The maximum atomic E-state index is 12.1. The molecule has 2 aliphatic rings. The molecule has 1 aliphatic carbocycles. The van der Waals surface area contributed by atoms with E-state index >= 15 is 0 Å². The fourth-order valence-corrected chi connectivity index (χ4v) is 3.30. The van der Waals surface area contributed by atoms with Crippen molar-refractivity contribution >= 4 is 17.3 Å². The lowest BCUT2D eigenvalue weighted by atomic mass is 9.89. The molecule has 100 valence electrons. The maximum Gasteiger partial charge on any atom is 0.293 e. The van der Waals surface area contributed by atoms with E-state index in [1.165, 1.54) is 31.7 Å². The van der Waals surface area contributed by atoms with Crippen molar-refractivity contribution in [2.75, 3.05) is 5.32 Å². The lowest BCUT2D eigenvalue weighted by Crippen LogP contribution is -2.14. The molecular formula is C14H16N2O3. The Bertz CT molecular complexity index is 535. The summed E-state index contributed by atoms with van der Waals surface area (Å²) in [5.41, 5.74) is 1.20. The molecule has 0 bridgehead atoms. The van der Waals surface area contributed by atoms with Crippen LogP contribution in [0.3, 0.4) is 0 Å². The molecule has 0 aromatic heterocycles. The molecule has 1 saturated carbocycles. The van der Waals surface area contributed by atoms with Gasteiger partial charge in [-0.2, -0.15) is 0 Å². The summed E-state index contributed by atoms with van der Waals surface area (Å²) >= 11 is 0. The Hall–Kier alpha value is -1.91. The van der Waals surface area contributed by atoms with Crippen molar-refractivity contribution in [1.82, 2.24) is 0 Å². The summed E-state index contributed by atoms with van der Waals surface area (Å²) in [4.78, 5) is 22.6. The molecule has 1 amide bonds. The van der Waals surface area contributed by atoms with Crippen LogP contribution in [0.4, 0.5) is 11.4 Å². The summed E-state index contributed by atoms with van der Waals surface area (Å²) in [6.45, 7) is 0. The molecule has 1 aromatic carbocycles. The Morgan fingerprint density at radius 3 is 2.74 bits per heavy atom. The summed E-state index contributed by atoms with van der Waals surface area (Å²) in [6.07, 6.45) is 5.64. The van der Waals surface area contributed by atoms with E-state index in [0.717, 1.165) is 12.0 Å². The molecule has 3 rings (SSSR count). The number of carbonyl (C=O) groups excluding carboxylic acids is 1. The van der Waals surface area contributed by atoms with Gasteiger partial charge in [-0.05, 0) is 17.9 Å². The highest BCUT2D eigenvalue weighted by Gasteiger charge is 2.36. The van der Waals surface area contributed by atoms with E-state index in [1.54, 1.807) is 6.07 Å². The van der Waals surface area contributed by atoms with Gasteiger partial charge in [-0.3, -0.25) is 14.9 Å². The van der Waals surface area contributed by atoms with Crippen molar-refractivity contribution in [3.8, 4) is 0 Å². The number of anilines is 1. The second-order valence-corrected chi connectivity index (χ2v) is 5.43. The van der Waals surface area contributed by atoms with Gasteiger partial charge in [-0.15, -0.1) is 0 Å². The van der Waals surface area contributed by atoms with Crippen molar-refractivity contribution in [1.29, 1.82) is 0 Å². The van der Waals surface area contributed by atoms with Gasteiger partial charge in [-0.1, -0.05) is 37.8 Å². The first kappa shape index (κ1) is 12.1. The van der Waals surface area contributed by atoms with Crippen LogP contribution >= 0.6 is 0 Å². The molecular weight excluding hydrogens is 244 g/mol. The van der Waals surface area contributed by atoms with E-state index in [4.69, 9.17) is 0 Å². The first-order chi connectivity index (χ1) is 9.16. The SMILES string of the molecule is O=C1Nc2c(cccc2[N+](=O)[O-])C1CC1CCCC1. The van der Waals surface area contributed by atoms with E-state index in [1.807, 2.05) is 6.07 Å². The first-order valence-electron chi connectivity index (χ1n) is 6.75. The van der Waals surface area contributed by atoms with Gasteiger partial charge in [0.2, 0.25) is 5.91 Å². The average Bonchev–Trinajstić information content (AvgIpc) is 2.98. The topological polar surface area (TPSA) is 72.2 Å². The lowest BCUT2D eigenvalue weighted by Gasteiger charge is -2.13. The highest BCUT2D eigenvalue weighted by molar-refractivity contribution is 6.05. The highest BCUT2D eigenvalue weighted by Crippen LogP contribution is 2.43. The van der Waals surface area contributed by atoms with Crippen molar-refractivity contribution in [2.45, 2.75) is 38.0 Å². The third-order valence-corrected chi connectivity index (χ3v) is 4.26. The number of nitrogens with zero attached hydrogens (tertiary/aromatic N) is 1. The molecule has 5 heteroatoms. The van der Waals surface area contributed by atoms with E-state index in [0.29, 0.717) is 11.6 Å². The number of fused-ring (bicyclic) bond motifs is 1. The first-order valence-corrected chi connectivity index (χ1v) is 6.75. The second kappa shape index (κ2) is 4.64. The minimum Gasteiger partial charge on any atom is -0.320 e. The number of nitro groups is 1. The second-order valence-electron chi connectivity index (χ2n) is 5.43. The van der Waals surface area contributed by atoms with Crippen molar-refractivity contribution in [3.63, 3.8) is 0 Å². The third-order valence-electron chi connectivity index (χ3n) is 4.26. The number of rotatable bonds is 3. The zero-order chi connectivity index (χ0) is 13.4. The molecule has 1 N–H and O–H groups in total. The van der Waals surface area contributed by atoms with Crippen LogP contribution in [-0.2, 0) is 4.79 Å². The van der Waals surface area contributed by atoms with Crippen LogP contribution in [0.2, 0.25) is 0 Å². The molecule has 0 spiro atoms. The van der Waals surface area contributed by atoms with Gasteiger partial charge in [-0.25, -0.2) is 0 Å². The number of nitrogens with one attached hydrogen (secondary N) is 1. The lowest BCUT2D eigenvalue weighted by molar-refractivity contribution is -0.383. The molecule has 1 aliphatic heterocycles. The minimum absolute atomic E-state index is 0.000211. The van der Waals surface area contributed by atoms with Gasteiger partial charge in [0.05, 0.1) is 10.8 Å². The van der Waals surface area contributed by atoms with Crippen LogP contribution in [0.5, 0.6) is 0 Å². The van der Waals surface area contributed by atoms with Gasteiger partial charge in [0.15, 0.2) is 0 Å². The van der Waals surface area contributed by atoms with Crippen LogP contribution in [0, 0.1) is 16.0 Å². The molecule has 1 unspecified atom stereocenters. The Morgan fingerprint density at radius 2 is 2.05 bits per heavy atom. The average molecular weight is 260 g/mol. The summed E-state index contributed by atoms with van der Waals surface area (Å²) in [5, 5.41) is 13.7. The minimum atomic E-state index is -0.433. The van der Waals surface area contributed by atoms with Crippen LogP contribution in [-0.4, -0.2) is 10.8 Å². The molecule has 0 saturated heterocycles. The number of carbonyl (C=O) groups is 1. The third kappa shape index (κ3) is 2.09. The predicted octanol–water partition coefficient (Wildman–Crippen LogP) is 3.21. The Balaban J connectivity index is 1.91. The van der Waals surface area contributed by atoms with Gasteiger partial charge < -0.3 is 5.32 Å². The molecule has 0 radical (unpaired) electrons. The van der Waals surface area contributed by atoms with Crippen LogP contribution in [0.25, 0.3) is 0 Å². The van der Waals surface area contributed by atoms with Crippen molar-refractivity contribution in [2.24, 2.45) is 5.92 Å². The van der Waals surface area contributed by atoms with Crippen LogP contribution < -0.4 is 5.32 Å². The predicted molar refractivity (Wildman–Crippen MR) is 71.0 cm³/mol. The molecule has 5 nitrogen and oxygen atoms in total. The number of amides is 1. The van der Waals surface area contributed by atoms with Gasteiger partial charge in [0, 0.05) is 6.07 Å². The van der Waals surface area contributed by atoms with E-state index in [9.17, 15) is 14.9 Å². The maximum absolute atomic E-state index is 12.1. The quantitative estimate of drug-likeness (QED) is 0.670. The monoisotopic (exact) mass is 260 g/mol. The Kier molecular flexibility index (Phi) is 2.97. The molecule has 1 heterocycles. The highest BCUT2D eigenvalue weighted by atomic mass is 16.6. The van der Waals surface area contributed by atoms with E-state index < -0.39 is 4.92 Å². The van der Waals surface area contributed by atoms with Gasteiger partial charge in [0.1, 0.15) is 5.69 Å². The van der Waals surface area contributed by atoms with Crippen molar-refractivity contribution < 1.29 is 9.72 Å². The number of benzene rings is 1. The van der Waals surface area contributed by atoms with Gasteiger partial charge >= 0.3 is 0 Å². The zero-order valence-electron chi connectivity index (χ0n) is 10.6. The zero-order valence-corrected chi connectivity index (χ0v) is 10.6. The summed E-state index contributed by atoms with van der Waals surface area (Å²) < 4.78 is 0. The number of para-hydroxylation sites is 1. The summed E-state index contributed by atoms with van der Waals surface area (Å²) in [7, 11) is 0. The summed E-state index contributed by atoms with van der Waals surface area (Å²) in [5.74, 6) is 0.287. The smallest absolute Gasteiger partial charge is 0.293 e. The van der Waals surface area contributed by atoms with Crippen LogP contribution in [0.15, 0.2) is 18.2 Å². The van der Waals surface area contributed by atoms with Gasteiger partial charge in [0.25, 0.3) is 5.69 Å². The number of hydrogen-bond acceptors (Lipinski definition) is 3. The van der Waals surface area contributed by atoms with E-state index in [-0.39, 0.29) is 17.5 Å². The number of nitro benzene ring substituents is 1. The molecule has 1 fully saturated rings. The standard InChI is InChI=1S/C14H16N2O3/c17-14-11(8-9-4-1-2-5-9)10-6-3-7-12(16(18)19)13(10)15-14/h3,6-7,9,11H,1-2,4-5,8H2,(H,15,17). The largest absolute Gasteiger partial charge is 0.320 e. The molecule has 19 heavy (non-hydrogen) atoms. The Labute approximate surface area is 111 Å². The van der Waals surface area contributed by atoms with E-state index in [2.05, 4.69) is 5.32 Å². The van der Waals surface area contributed by atoms with Crippen LogP contribution in [0.1, 0.15) is 43.6 Å². The summed E-state index contributed by atoms with van der Waals surface area (Å²) in [6, 6.07) is 4.94. The Morgan fingerprint density at radius 1 is 1.32 bits per heavy atom. The fraction of sp³-hybridized carbons (Fsp3) is 0.500. The van der Waals surface area contributed by atoms with Crippen molar-refractivity contribution in [3.05, 3.63) is 33.9 Å². The number of hydrogen-bond donors (Lipinski definition) is 1.